The zero-order chi connectivity index (χ0) is 14.7. The van der Waals surface area contributed by atoms with Gasteiger partial charge >= 0.3 is 0 Å². The van der Waals surface area contributed by atoms with Gasteiger partial charge in [-0.1, -0.05) is 17.3 Å². The van der Waals surface area contributed by atoms with E-state index < -0.39 is 0 Å². The number of aromatic nitrogens is 2. The summed E-state index contributed by atoms with van der Waals surface area (Å²) in [7, 11) is 3.51. The largest absolute Gasteiger partial charge is 0.497 e. The van der Waals surface area contributed by atoms with E-state index in [0.717, 1.165) is 22.6 Å². The Kier molecular flexibility index (Phi) is 3.55. The van der Waals surface area contributed by atoms with Crippen molar-refractivity contribution in [3.05, 3.63) is 48.5 Å². The summed E-state index contributed by atoms with van der Waals surface area (Å²) in [4.78, 5) is 4.43. The lowest BCUT2D eigenvalue weighted by molar-refractivity contribution is 0.414. The summed E-state index contributed by atoms with van der Waals surface area (Å²) in [6, 6.07) is 15.4. The van der Waals surface area contributed by atoms with E-state index in [9.17, 15) is 0 Å². The van der Waals surface area contributed by atoms with Crippen LogP contribution in [0.4, 0.5) is 5.69 Å². The Bertz CT molecular complexity index is 735. The molecule has 0 aliphatic carbocycles. The summed E-state index contributed by atoms with van der Waals surface area (Å²) in [5, 5.41) is 7.09. The Balaban J connectivity index is 1.91. The van der Waals surface area contributed by atoms with Crippen molar-refractivity contribution in [2.75, 3.05) is 19.5 Å². The number of anilines is 1. The van der Waals surface area contributed by atoms with Crippen LogP contribution in [0, 0.1) is 0 Å². The van der Waals surface area contributed by atoms with Gasteiger partial charge in [0.1, 0.15) is 5.75 Å². The molecule has 0 atom stereocenters. The van der Waals surface area contributed by atoms with E-state index in [2.05, 4.69) is 15.5 Å². The number of nitrogens with one attached hydrogen (secondary N) is 1. The van der Waals surface area contributed by atoms with Gasteiger partial charge in [0.25, 0.3) is 5.89 Å². The molecule has 0 aliphatic heterocycles. The number of methoxy groups -OCH3 is 1. The van der Waals surface area contributed by atoms with Crippen molar-refractivity contribution in [1.82, 2.24) is 10.1 Å². The second kappa shape index (κ2) is 5.66. The second-order valence-electron chi connectivity index (χ2n) is 4.48. The molecule has 0 unspecified atom stereocenters. The first kappa shape index (κ1) is 13.2. The van der Waals surface area contributed by atoms with Crippen LogP contribution >= 0.6 is 0 Å². The highest BCUT2D eigenvalue weighted by molar-refractivity contribution is 5.62. The van der Waals surface area contributed by atoms with Crippen LogP contribution in [0.25, 0.3) is 22.8 Å². The zero-order valence-corrected chi connectivity index (χ0v) is 11.8. The SMILES string of the molecule is CNc1ccc(-c2nc(-c3cccc(OC)c3)no2)cc1. The lowest BCUT2D eigenvalue weighted by Crippen LogP contribution is -1.87. The predicted octanol–water partition coefficient (Wildman–Crippen LogP) is 3.45. The van der Waals surface area contributed by atoms with E-state index in [4.69, 9.17) is 9.26 Å². The van der Waals surface area contributed by atoms with Crippen molar-refractivity contribution >= 4 is 5.69 Å². The van der Waals surface area contributed by atoms with Crippen molar-refractivity contribution in [2.45, 2.75) is 0 Å². The Morgan fingerprint density at radius 1 is 1.05 bits per heavy atom. The minimum atomic E-state index is 0.496. The van der Waals surface area contributed by atoms with Gasteiger partial charge in [-0.3, -0.25) is 0 Å². The van der Waals surface area contributed by atoms with Crippen LogP contribution in [0.1, 0.15) is 0 Å². The van der Waals surface area contributed by atoms with Crippen molar-refractivity contribution in [3.8, 4) is 28.6 Å². The van der Waals surface area contributed by atoms with Gasteiger partial charge in [0.05, 0.1) is 7.11 Å². The van der Waals surface area contributed by atoms with E-state index in [1.165, 1.54) is 0 Å². The molecule has 0 amide bonds. The monoisotopic (exact) mass is 281 g/mol. The maximum absolute atomic E-state index is 5.33. The third-order valence-corrected chi connectivity index (χ3v) is 3.17. The summed E-state index contributed by atoms with van der Waals surface area (Å²) in [6.07, 6.45) is 0. The molecule has 0 fully saturated rings. The van der Waals surface area contributed by atoms with Gasteiger partial charge in [0.2, 0.25) is 5.82 Å². The standard InChI is InChI=1S/C16H15N3O2/c1-17-13-8-6-11(7-9-13)16-18-15(19-21-16)12-4-3-5-14(10-12)20-2/h3-10,17H,1-2H3. The number of nitrogens with zero attached hydrogens (tertiary/aromatic N) is 2. The van der Waals surface area contributed by atoms with Gasteiger partial charge < -0.3 is 14.6 Å². The summed E-state index contributed by atoms with van der Waals surface area (Å²) < 4.78 is 10.5. The van der Waals surface area contributed by atoms with Crippen molar-refractivity contribution in [3.63, 3.8) is 0 Å². The smallest absolute Gasteiger partial charge is 0.258 e. The quantitative estimate of drug-likeness (QED) is 0.793. The molecule has 2 aromatic carbocycles. The lowest BCUT2D eigenvalue weighted by Gasteiger charge is -2.00. The highest BCUT2D eigenvalue weighted by atomic mass is 16.5. The van der Waals surface area contributed by atoms with Crippen LogP contribution in [-0.4, -0.2) is 24.3 Å². The topological polar surface area (TPSA) is 60.2 Å². The third kappa shape index (κ3) is 2.72. The van der Waals surface area contributed by atoms with Gasteiger partial charge in [-0.25, -0.2) is 0 Å². The van der Waals surface area contributed by atoms with E-state index in [0.29, 0.717) is 11.7 Å². The van der Waals surface area contributed by atoms with E-state index in [1.807, 2.05) is 55.6 Å². The highest BCUT2D eigenvalue weighted by Gasteiger charge is 2.11. The lowest BCUT2D eigenvalue weighted by atomic mass is 10.2. The predicted molar refractivity (Wildman–Crippen MR) is 81.3 cm³/mol. The van der Waals surface area contributed by atoms with Crippen molar-refractivity contribution in [1.29, 1.82) is 0 Å². The molecule has 5 nitrogen and oxygen atoms in total. The Morgan fingerprint density at radius 3 is 2.57 bits per heavy atom. The Morgan fingerprint density at radius 2 is 1.86 bits per heavy atom. The Labute approximate surface area is 122 Å². The van der Waals surface area contributed by atoms with Crippen LogP contribution in [0.15, 0.2) is 53.1 Å². The third-order valence-electron chi connectivity index (χ3n) is 3.17. The number of hydrogen-bond donors (Lipinski definition) is 1. The normalized spacial score (nSPS) is 10.4. The molecule has 0 spiro atoms. The fourth-order valence-corrected chi connectivity index (χ4v) is 2.00. The first-order valence-corrected chi connectivity index (χ1v) is 6.56. The fraction of sp³-hybridized carbons (Fsp3) is 0.125. The molecule has 1 aromatic heterocycles. The maximum Gasteiger partial charge on any atom is 0.258 e. The average molecular weight is 281 g/mol. The van der Waals surface area contributed by atoms with Gasteiger partial charge in [-0.2, -0.15) is 4.98 Å². The van der Waals surface area contributed by atoms with Crippen LogP contribution in [0.2, 0.25) is 0 Å². The van der Waals surface area contributed by atoms with Crippen LogP contribution in [-0.2, 0) is 0 Å². The molecule has 106 valence electrons. The summed E-state index contributed by atoms with van der Waals surface area (Å²) >= 11 is 0. The summed E-state index contributed by atoms with van der Waals surface area (Å²) in [6.45, 7) is 0. The summed E-state index contributed by atoms with van der Waals surface area (Å²) in [5.41, 5.74) is 2.78. The van der Waals surface area contributed by atoms with Crippen LogP contribution < -0.4 is 10.1 Å². The molecule has 5 heteroatoms. The fourth-order valence-electron chi connectivity index (χ4n) is 2.00. The van der Waals surface area contributed by atoms with Crippen LogP contribution in [0.5, 0.6) is 5.75 Å². The zero-order valence-electron chi connectivity index (χ0n) is 11.8. The number of benzene rings is 2. The molecule has 0 aliphatic rings. The second-order valence-corrected chi connectivity index (χ2v) is 4.48. The van der Waals surface area contributed by atoms with Crippen molar-refractivity contribution in [2.24, 2.45) is 0 Å². The number of rotatable bonds is 4. The molecule has 1 N–H and O–H groups in total. The molecule has 3 aromatic rings. The van der Waals surface area contributed by atoms with Crippen LogP contribution in [0.3, 0.4) is 0 Å². The molecular weight excluding hydrogens is 266 g/mol. The molecule has 21 heavy (non-hydrogen) atoms. The number of ether oxygens (including phenoxy) is 1. The van der Waals surface area contributed by atoms with Crippen molar-refractivity contribution < 1.29 is 9.26 Å². The molecule has 0 bridgehead atoms. The average Bonchev–Trinajstić information content (AvgIpc) is 3.05. The van der Waals surface area contributed by atoms with Gasteiger partial charge in [0.15, 0.2) is 0 Å². The van der Waals surface area contributed by atoms with Gasteiger partial charge in [0, 0.05) is 23.9 Å². The maximum atomic E-state index is 5.33. The molecular formula is C16H15N3O2. The first-order chi connectivity index (χ1) is 10.3. The van der Waals surface area contributed by atoms with E-state index in [1.54, 1.807) is 7.11 Å². The molecule has 1 heterocycles. The van der Waals surface area contributed by atoms with Gasteiger partial charge in [-0.15, -0.1) is 0 Å². The molecule has 0 saturated carbocycles. The van der Waals surface area contributed by atoms with E-state index >= 15 is 0 Å². The first-order valence-electron chi connectivity index (χ1n) is 6.56. The highest BCUT2D eigenvalue weighted by Crippen LogP contribution is 2.25. The molecule has 0 radical (unpaired) electrons. The van der Waals surface area contributed by atoms with Gasteiger partial charge in [-0.05, 0) is 36.4 Å². The summed E-state index contributed by atoms with van der Waals surface area (Å²) in [5.74, 6) is 1.80. The molecule has 0 saturated heterocycles. The van der Waals surface area contributed by atoms with E-state index in [-0.39, 0.29) is 0 Å². The number of hydrogen-bond acceptors (Lipinski definition) is 5. The minimum Gasteiger partial charge on any atom is -0.497 e. The molecule has 3 rings (SSSR count). The Hall–Kier alpha value is -2.82. The minimum absolute atomic E-state index is 0.496.